The zero-order valence-electron chi connectivity index (χ0n) is 17.6. The molecule has 0 aliphatic rings. The number of aromatic nitrogens is 1. The van der Waals surface area contributed by atoms with Crippen molar-refractivity contribution < 1.29 is 4.79 Å². The Balaban J connectivity index is 0.00000320. The van der Waals surface area contributed by atoms with E-state index in [4.69, 9.17) is 16.6 Å². The summed E-state index contributed by atoms with van der Waals surface area (Å²) in [6.07, 6.45) is 2.03. The molecule has 2 aromatic carbocycles. The summed E-state index contributed by atoms with van der Waals surface area (Å²) in [4.78, 5) is 23.5. The Hall–Kier alpha value is -1.31. The summed E-state index contributed by atoms with van der Waals surface area (Å²) in [5.41, 5.74) is 2.50. The van der Waals surface area contributed by atoms with Crippen molar-refractivity contribution in [1.29, 1.82) is 0 Å². The number of rotatable bonds is 8. The van der Waals surface area contributed by atoms with Crippen molar-refractivity contribution in [3.63, 3.8) is 0 Å². The fraction of sp³-hybridized carbons (Fsp3) is 0.364. The Bertz CT molecular complexity index is 988. The summed E-state index contributed by atoms with van der Waals surface area (Å²) in [6.45, 7) is 9.55. The molecule has 1 aromatic heterocycles. The summed E-state index contributed by atoms with van der Waals surface area (Å²) < 4.78 is 1.04. The van der Waals surface area contributed by atoms with Crippen molar-refractivity contribution in [3.8, 4) is 0 Å². The summed E-state index contributed by atoms with van der Waals surface area (Å²) in [5.74, 6) is -0.0207. The first kappa shape index (κ1) is 25.0. The largest absolute Gasteiger partial charge is 0.302 e. The third-order valence-electron chi connectivity index (χ3n) is 5.08. The molecule has 3 rings (SSSR count). The van der Waals surface area contributed by atoms with Gasteiger partial charge < -0.3 is 4.90 Å². The van der Waals surface area contributed by atoms with Crippen LogP contribution in [0, 0.1) is 6.92 Å². The predicted molar refractivity (Wildman–Crippen MR) is 134 cm³/mol. The van der Waals surface area contributed by atoms with E-state index in [1.165, 1.54) is 11.3 Å². The molecule has 0 saturated heterocycles. The van der Waals surface area contributed by atoms with E-state index in [1.54, 1.807) is 11.8 Å². The van der Waals surface area contributed by atoms with Crippen molar-refractivity contribution in [3.05, 3.63) is 52.5 Å². The van der Waals surface area contributed by atoms with E-state index in [0.717, 1.165) is 45.4 Å². The highest BCUT2D eigenvalue weighted by Gasteiger charge is 2.22. The summed E-state index contributed by atoms with van der Waals surface area (Å²) in [7, 11) is 0. The molecule has 162 valence electrons. The molecular formula is C22H27Cl2N3OS2. The van der Waals surface area contributed by atoms with E-state index < -0.39 is 0 Å². The fourth-order valence-corrected chi connectivity index (χ4v) is 4.77. The van der Waals surface area contributed by atoms with Crippen LogP contribution in [0.4, 0.5) is 5.13 Å². The summed E-state index contributed by atoms with van der Waals surface area (Å²) >= 11 is 9.48. The number of hydrogen-bond acceptors (Lipinski definition) is 5. The zero-order chi connectivity index (χ0) is 21.0. The number of carbonyl (C=O) groups is 1. The topological polar surface area (TPSA) is 36.4 Å². The Kier molecular flexibility index (Phi) is 9.44. The van der Waals surface area contributed by atoms with Gasteiger partial charge in [-0.3, -0.25) is 9.69 Å². The lowest BCUT2D eigenvalue weighted by atomic mass is 10.2. The van der Waals surface area contributed by atoms with Gasteiger partial charge in [0.1, 0.15) is 0 Å². The van der Waals surface area contributed by atoms with E-state index in [-0.39, 0.29) is 18.3 Å². The highest BCUT2D eigenvalue weighted by atomic mass is 35.5. The highest BCUT2D eigenvalue weighted by molar-refractivity contribution is 7.98. The molecule has 8 heteroatoms. The molecule has 0 spiro atoms. The first-order valence-corrected chi connectivity index (χ1v) is 12.1. The SMILES string of the molecule is CCN(CC)CCN(C(=O)c1ccc(SC)cc1)c1nc2c(C)c(Cl)ccc2s1.Cl. The Labute approximate surface area is 198 Å². The number of hydrogen-bond donors (Lipinski definition) is 0. The average molecular weight is 485 g/mol. The second kappa shape index (κ2) is 11.3. The van der Waals surface area contributed by atoms with E-state index in [1.807, 2.05) is 54.5 Å². The van der Waals surface area contributed by atoms with Gasteiger partial charge >= 0.3 is 0 Å². The van der Waals surface area contributed by atoms with Crippen molar-refractivity contribution in [2.24, 2.45) is 0 Å². The Morgan fingerprint density at radius 2 is 1.77 bits per heavy atom. The standard InChI is InChI=1S/C22H26ClN3OS2.ClH/c1-5-25(6-2)13-14-26(21(27)16-7-9-17(28-4)10-8-16)22-24-20-15(3)18(23)11-12-19(20)29-22;/h7-12H,5-6,13-14H2,1-4H3;1H. The number of carbonyl (C=O) groups excluding carboxylic acids is 1. The van der Waals surface area contributed by atoms with Crippen LogP contribution in [0.3, 0.4) is 0 Å². The number of anilines is 1. The van der Waals surface area contributed by atoms with Crippen LogP contribution in [0.2, 0.25) is 5.02 Å². The molecule has 0 fully saturated rings. The van der Waals surface area contributed by atoms with Crippen molar-refractivity contribution in [2.45, 2.75) is 25.7 Å². The van der Waals surface area contributed by atoms with Crippen molar-refractivity contribution in [1.82, 2.24) is 9.88 Å². The number of halogens is 2. The van der Waals surface area contributed by atoms with Crippen LogP contribution in [0.1, 0.15) is 29.8 Å². The minimum Gasteiger partial charge on any atom is -0.302 e. The predicted octanol–water partition coefficient (Wildman–Crippen LogP) is 6.39. The first-order valence-electron chi connectivity index (χ1n) is 9.72. The number of aryl methyl sites for hydroxylation is 1. The molecular weight excluding hydrogens is 457 g/mol. The molecule has 4 nitrogen and oxygen atoms in total. The van der Waals surface area contributed by atoms with E-state index >= 15 is 0 Å². The maximum Gasteiger partial charge on any atom is 0.260 e. The molecule has 1 amide bonds. The minimum absolute atomic E-state index is 0. The maximum absolute atomic E-state index is 13.4. The number of benzene rings is 2. The zero-order valence-corrected chi connectivity index (χ0v) is 20.9. The van der Waals surface area contributed by atoms with Crippen LogP contribution < -0.4 is 4.90 Å². The van der Waals surface area contributed by atoms with Crippen molar-refractivity contribution >= 4 is 68.4 Å². The molecule has 0 N–H and O–H groups in total. The van der Waals surface area contributed by atoms with Crippen LogP contribution in [0.5, 0.6) is 0 Å². The molecule has 0 bridgehead atoms. The molecule has 0 aliphatic heterocycles. The number of thioether (sulfide) groups is 1. The van der Waals surface area contributed by atoms with Crippen LogP contribution in [0.25, 0.3) is 10.2 Å². The van der Waals surface area contributed by atoms with Gasteiger partial charge in [0.25, 0.3) is 5.91 Å². The van der Waals surface area contributed by atoms with Gasteiger partial charge in [0.05, 0.1) is 10.2 Å². The van der Waals surface area contributed by atoms with Crippen LogP contribution in [-0.2, 0) is 0 Å². The van der Waals surface area contributed by atoms with Gasteiger partial charge in [-0.1, -0.05) is 36.8 Å². The Morgan fingerprint density at radius 3 is 2.37 bits per heavy atom. The number of nitrogens with zero attached hydrogens (tertiary/aromatic N) is 3. The molecule has 0 unspecified atom stereocenters. The molecule has 0 radical (unpaired) electrons. The molecule has 1 heterocycles. The van der Waals surface area contributed by atoms with E-state index in [0.29, 0.717) is 17.1 Å². The lowest BCUT2D eigenvalue weighted by Crippen LogP contribution is -2.38. The van der Waals surface area contributed by atoms with Gasteiger partial charge in [-0.05, 0) is 68.2 Å². The third kappa shape index (κ3) is 5.48. The lowest BCUT2D eigenvalue weighted by molar-refractivity contribution is 0.0983. The van der Waals surface area contributed by atoms with Gasteiger partial charge in [-0.15, -0.1) is 24.2 Å². The molecule has 0 saturated carbocycles. The minimum atomic E-state index is -0.0207. The monoisotopic (exact) mass is 483 g/mol. The summed E-state index contributed by atoms with van der Waals surface area (Å²) in [6, 6.07) is 11.6. The smallest absolute Gasteiger partial charge is 0.260 e. The van der Waals surface area contributed by atoms with E-state index in [9.17, 15) is 4.79 Å². The first-order chi connectivity index (χ1) is 14.0. The lowest BCUT2D eigenvalue weighted by Gasteiger charge is -2.24. The Morgan fingerprint density at radius 1 is 1.10 bits per heavy atom. The third-order valence-corrected chi connectivity index (χ3v) is 7.28. The number of fused-ring (bicyclic) bond motifs is 1. The van der Waals surface area contributed by atoms with Crippen molar-refractivity contribution in [2.75, 3.05) is 37.3 Å². The van der Waals surface area contributed by atoms with Gasteiger partial charge in [-0.2, -0.15) is 0 Å². The fourth-order valence-electron chi connectivity index (χ4n) is 3.16. The second-order valence-electron chi connectivity index (χ2n) is 6.73. The molecule has 30 heavy (non-hydrogen) atoms. The quantitative estimate of drug-likeness (QED) is 0.347. The van der Waals surface area contributed by atoms with Crippen LogP contribution in [0.15, 0.2) is 41.3 Å². The molecule has 0 aliphatic carbocycles. The van der Waals surface area contributed by atoms with Gasteiger partial charge in [-0.25, -0.2) is 4.98 Å². The average Bonchev–Trinajstić information content (AvgIpc) is 3.18. The van der Waals surface area contributed by atoms with Crippen LogP contribution >= 0.6 is 47.1 Å². The molecule has 0 atom stereocenters. The van der Waals surface area contributed by atoms with Crippen LogP contribution in [-0.4, -0.2) is 48.2 Å². The van der Waals surface area contributed by atoms with Gasteiger partial charge in [0.2, 0.25) is 0 Å². The van der Waals surface area contributed by atoms with E-state index in [2.05, 4.69) is 18.7 Å². The number of likely N-dealkylation sites (N-methyl/N-ethyl adjacent to an activating group) is 1. The van der Waals surface area contributed by atoms with Gasteiger partial charge in [0.15, 0.2) is 5.13 Å². The van der Waals surface area contributed by atoms with Gasteiger partial charge in [0, 0.05) is 28.6 Å². The number of thiazole rings is 1. The normalized spacial score (nSPS) is 11.0. The molecule has 3 aromatic rings. The maximum atomic E-state index is 13.4. The number of amides is 1. The highest BCUT2D eigenvalue weighted by Crippen LogP contribution is 2.34. The summed E-state index contributed by atoms with van der Waals surface area (Å²) in [5, 5.41) is 1.42. The second-order valence-corrected chi connectivity index (χ2v) is 9.02.